The molecule has 7 rings (SSSR count). The first kappa shape index (κ1) is 51.9. The van der Waals surface area contributed by atoms with Crippen molar-refractivity contribution in [3.05, 3.63) is 143 Å². The Labute approximate surface area is 417 Å². The van der Waals surface area contributed by atoms with Crippen molar-refractivity contribution in [2.24, 2.45) is 0 Å². The van der Waals surface area contributed by atoms with Gasteiger partial charge < -0.3 is 45.4 Å². The third-order valence-corrected chi connectivity index (χ3v) is 14.6. The lowest BCUT2D eigenvalue weighted by atomic mass is 9.80. The molecule has 0 fully saturated rings. The standard InChI is InChI=1S/C58H70O10P2/c1-17-58(11,12)50-36-42(60-14)30-38(28-37-29-41(59-13)33-47(55(2,3)4)51(37)65-69(63-39-24-20-18-21-25-39)64-40-26-22-19-23-27-40)52(50)66-70-67-53-45(31-43(61-15)34-48(53)56(5,6)7)46-32-44(62-16)35-49(54(46)68-70)57(8,9)10/h18-27,29-36H,17,28H2,1-16H3. The topological polar surface area (TPSA) is 100 Å². The van der Waals surface area contributed by atoms with Crippen LogP contribution in [0.15, 0.2) is 118 Å². The van der Waals surface area contributed by atoms with Crippen LogP contribution >= 0.6 is 16.8 Å². The highest BCUT2D eigenvalue weighted by atomic mass is 31.2. The van der Waals surface area contributed by atoms with Crippen LogP contribution in [-0.2, 0) is 28.1 Å². The van der Waals surface area contributed by atoms with E-state index < -0.39 is 27.7 Å². The SMILES string of the molecule is CCC(C)(C)c1cc(OC)cc(Cc2cc(OC)cc(C(C)(C)C)c2OP(Oc2ccccc2)Oc2ccccc2)c1Op1oc2c(C(C)(C)C)cc(OC)cc2c2cc(OC)cc(C(C)(C)C)c2o1. The summed E-state index contributed by atoms with van der Waals surface area (Å²) in [4.78, 5) is 0. The number of benzene rings is 6. The molecule has 12 heteroatoms. The second-order valence-electron chi connectivity index (χ2n) is 21.2. The Bertz CT molecular complexity index is 2850. The molecule has 7 aromatic rings. The van der Waals surface area contributed by atoms with Gasteiger partial charge in [0.2, 0.25) is 0 Å². The molecule has 0 saturated carbocycles. The summed E-state index contributed by atoms with van der Waals surface area (Å²) < 4.78 is 66.1. The second-order valence-corrected chi connectivity index (χ2v) is 23.2. The van der Waals surface area contributed by atoms with Gasteiger partial charge in [0.25, 0.3) is 0 Å². The van der Waals surface area contributed by atoms with E-state index in [0.29, 0.717) is 63.6 Å². The van der Waals surface area contributed by atoms with E-state index >= 15 is 0 Å². The van der Waals surface area contributed by atoms with E-state index in [2.05, 4.69) is 89.2 Å². The molecule has 0 saturated heterocycles. The maximum atomic E-state index is 7.44. The maximum absolute atomic E-state index is 7.44. The summed E-state index contributed by atoms with van der Waals surface area (Å²) in [5.41, 5.74) is 5.15. The predicted octanol–water partition coefficient (Wildman–Crippen LogP) is 17.1. The zero-order valence-electron chi connectivity index (χ0n) is 43.8. The fraction of sp³-hybridized carbons (Fsp3) is 0.379. The van der Waals surface area contributed by atoms with Crippen LogP contribution in [0.5, 0.6) is 46.0 Å². The second kappa shape index (κ2) is 20.8. The van der Waals surface area contributed by atoms with E-state index in [1.807, 2.05) is 103 Å². The van der Waals surface area contributed by atoms with Crippen LogP contribution in [0.4, 0.5) is 0 Å². The minimum atomic E-state index is -2.20. The Balaban J connectivity index is 1.53. The molecule has 0 atom stereocenters. The molecule has 0 spiro atoms. The average molecular weight is 989 g/mol. The summed E-state index contributed by atoms with van der Waals surface area (Å²) in [7, 11) is 2.48. The number of methoxy groups -OCH3 is 4. The molecule has 6 aromatic carbocycles. The van der Waals surface area contributed by atoms with Gasteiger partial charge in [-0.3, -0.25) is 0 Å². The largest absolute Gasteiger partial charge is 0.530 e. The number of hydrogen-bond acceptors (Lipinski definition) is 10. The van der Waals surface area contributed by atoms with Crippen LogP contribution in [0.1, 0.15) is 123 Å². The summed E-state index contributed by atoms with van der Waals surface area (Å²) >= 11 is 0. The molecule has 0 aliphatic rings. The van der Waals surface area contributed by atoms with Crippen molar-refractivity contribution in [3.63, 3.8) is 0 Å². The highest BCUT2D eigenvalue weighted by Crippen LogP contribution is 2.52. The van der Waals surface area contributed by atoms with Crippen molar-refractivity contribution >= 4 is 38.8 Å². The quantitative estimate of drug-likeness (QED) is 0.0870. The first-order valence-corrected chi connectivity index (χ1v) is 25.9. The Morgan fingerprint density at radius 2 is 0.829 bits per heavy atom. The summed E-state index contributed by atoms with van der Waals surface area (Å²) in [6.07, 6.45) is 1.11. The zero-order chi connectivity index (χ0) is 50.8. The van der Waals surface area contributed by atoms with E-state index in [9.17, 15) is 0 Å². The molecule has 0 bridgehead atoms. The number of fused-ring (bicyclic) bond motifs is 3. The monoisotopic (exact) mass is 988 g/mol. The minimum absolute atomic E-state index is 0.319. The number of rotatable bonds is 16. The van der Waals surface area contributed by atoms with Crippen LogP contribution in [0, 0.1) is 0 Å². The van der Waals surface area contributed by atoms with Crippen LogP contribution in [0.25, 0.3) is 21.9 Å². The van der Waals surface area contributed by atoms with Crippen molar-refractivity contribution in [2.75, 3.05) is 28.4 Å². The number of para-hydroxylation sites is 2. The van der Waals surface area contributed by atoms with Gasteiger partial charge in [-0.15, -0.1) is 0 Å². The van der Waals surface area contributed by atoms with Crippen molar-refractivity contribution in [2.45, 2.75) is 118 Å². The minimum Gasteiger partial charge on any atom is -0.497 e. The molecule has 0 aliphatic heterocycles. The van der Waals surface area contributed by atoms with E-state index in [1.165, 1.54) is 0 Å². The van der Waals surface area contributed by atoms with Crippen molar-refractivity contribution in [3.8, 4) is 46.0 Å². The van der Waals surface area contributed by atoms with E-state index in [-0.39, 0.29) is 10.8 Å². The fourth-order valence-electron chi connectivity index (χ4n) is 8.19. The van der Waals surface area contributed by atoms with Crippen LogP contribution in [0.2, 0.25) is 0 Å². The number of ether oxygens (including phenoxy) is 4. The highest BCUT2D eigenvalue weighted by Gasteiger charge is 2.33. The molecule has 1 heterocycles. The van der Waals surface area contributed by atoms with Gasteiger partial charge in [-0.25, -0.2) is 0 Å². The van der Waals surface area contributed by atoms with E-state index in [1.54, 1.807) is 28.4 Å². The van der Waals surface area contributed by atoms with Gasteiger partial charge in [0.05, 0.1) is 28.4 Å². The fourth-order valence-corrected chi connectivity index (χ4v) is 10.4. The average Bonchev–Trinajstić information content (AvgIpc) is 3.47. The van der Waals surface area contributed by atoms with E-state index in [0.717, 1.165) is 50.6 Å². The van der Waals surface area contributed by atoms with Gasteiger partial charge in [-0.05, 0) is 101 Å². The lowest BCUT2D eigenvalue weighted by molar-refractivity contribution is 0.377. The summed E-state index contributed by atoms with van der Waals surface area (Å²) in [5, 5.41) is 1.64. The van der Waals surface area contributed by atoms with E-state index in [4.69, 9.17) is 45.4 Å². The maximum Gasteiger partial charge on any atom is 0.530 e. The Morgan fingerprint density at radius 1 is 0.443 bits per heavy atom. The Kier molecular flexibility index (Phi) is 15.4. The smallest absolute Gasteiger partial charge is 0.497 e. The molecule has 0 amide bonds. The van der Waals surface area contributed by atoms with Crippen LogP contribution in [-0.4, -0.2) is 28.4 Å². The van der Waals surface area contributed by atoms with Crippen LogP contribution < -0.4 is 37.0 Å². The lowest BCUT2D eigenvalue weighted by Crippen LogP contribution is -2.18. The van der Waals surface area contributed by atoms with Gasteiger partial charge in [0.15, 0.2) is 0 Å². The first-order valence-electron chi connectivity index (χ1n) is 23.7. The highest BCUT2D eigenvalue weighted by molar-refractivity contribution is 7.43. The third-order valence-electron chi connectivity index (χ3n) is 12.6. The molecule has 10 nitrogen and oxygen atoms in total. The van der Waals surface area contributed by atoms with Gasteiger partial charge in [0.1, 0.15) is 57.2 Å². The molecule has 0 N–H and O–H groups in total. The van der Waals surface area contributed by atoms with Gasteiger partial charge in [-0.1, -0.05) is 119 Å². The van der Waals surface area contributed by atoms with Gasteiger partial charge >= 0.3 is 16.8 Å². The zero-order valence-corrected chi connectivity index (χ0v) is 45.6. The van der Waals surface area contributed by atoms with Gasteiger partial charge in [-0.2, -0.15) is 0 Å². The lowest BCUT2D eigenvalue weighted by Gasteiger charge is -2.29. The molecule has 0 unspecified atom stereocenters. The summed E-state index contributed by atoms with van der Waals surface area (Å²) in [5.74, 6) is 5.21. The van der Waals surface area contributed by atoms with Crippen molar-refractivity contribution < 1.29 is 45.4 Å². The Morgan fingerprint density at radius 3 is 1.23 bits per heavy atom. The molecule has 0 aliphatic carbocycles. The molecule has 372 valence electrons. The number of hydrogen-bond donors (Lipinski definition) is 0. The third kappa shape index (κ3) is 11.6. The molecular weight excluding hydrogens is 919 g/mol. The molecular formula is C58H70O10P2. The van der Waals surface area contributed by atoms with Crippen LogP contribution in [0.3, 0.4) is 0 Å². The van der Waals surface area contributed by atoms with Crippen molar-refractivity contribution in [1.82, 2.24) is 0 Å². The predicted molar refractivity (Wildman–Crippen MR) is 285 cm³/mol. The molecule has 1 aromatic heterocycles. The normalized spacial score (nSPS) is 12.2. The molecule has 0 radical (unpaired) electrons. The van der Waals surface area contributed by atoms with Gasteiger partial charge in [0, 0.05) is 50.6 Å². The summed E-state index contributed by atoms with van der Waals surface area (Å²) in [6, 6.07) is 35.4. The van der Waals surface area contributed by atoms with Crippen molar-refractivity contribution in [1.29, 1.82) is 0 Å². The Hall–Kier alpha value is -5.95. The molecule has 70 heavy (non-hydrogen) atoms. The summed E-state index contributed by atoms with van der Waals surface area (Å²) in [6.45, 7) is 26.1. The first-order chi connectivity index (χ1) is 33.1.